The monoisotopic (exact) mass is 671 g/mol. The summed E-state index contributed by atoms with van der Waals surface area (Å²) in [5.41, 5.74) is 0. The van der Waals surface area contributed by atoms with E-state index in [4.69, 9.17) is 9.47 Å². The van der Waals surface area contributed by atoms with E-state index >= 15 is 0 Å². The minimum absolute atomic E-state index is 0.0822. The summed E-state index contributed by atoms with van der Waals surface area (Å²) in [6.07, 6.45) is 49.9. The number of hydrogen-bond donors (Lipinski definition) is 1. The molecular weight excluding hydrogens is 596 g/mol. The topological polar surface area (TPSA) is 72.8 Å². The molecule has 0 bridgehead atoms. The zero-order valence-electron chi connectivity index (χ0n) is 31.2. The lowest BCUT2D eigenvalue weighted by Crippen LogP contribution is -2.28. The van der Waals surface area contributed by atoms with Crippen LogP contribution in [0.15, 0.2) is 60.8 Å². The van der Waals surface area contributed by atoms with Crippen LogP contribution < -0.4 is 0 Å². The molecule has 0 amide bonds. The number of esters is 2. The maximum absolute atomic E-state index is 12.2. The van der Waals surface area contributed by atoms with Crippen LogP contribution in [0.1, 0.15) is 181 Å². The molecule has 0 saturated carbocycles. The first-order chi connectivity index (χ1) is 23.6. The summed E-state index contributed by atoms with van der Waals surface area (Å²) in [7, 11) is 0. The number of carbonyl (C=O) groups is 2. The molecule has 0 fully saturated rings. The molecule has 1 unspecified atom stereocenters. The van der Waals surface area contributed by atoms with E-state index in [9.17, 15) is 14.7 Å². The first-order valence-electron chi connectivity index (χ1n) is 19.8. The van der Waals surface area contributed by atoms with Gasteiger partial charge in [-0.05, 0) is 77.0 Å². The average molecular weight is 671 g/mol. The summed E-state index contributed by atoms with van der Waals surface area (Å²) < 4.78 is 10.6. The average Bonchev–Trinajstić information content (AvgIpc) is 3.09. The normalized spacial score (nSPS) is 12.8. The third kappa shape index (κ3) is 36.4. The Balaban J connectivity index is 3.62. The van der Waals surface area contributed by atoms with Crippen LogP contribution in [0.2, 0.25) is 0 Å². The number of ether oxygens (including phenoxy) is 2. The lowest BCUT2D eigenvalue weighted by molar-refractivity contribution is -0.161. The van der Waals surface area contributed by atoms with Gasteiger partial charge in [-0.15, -0.1) is 0 Å². The number of carbonyl (C=O) groups excluding carboxylic acids is 2. The largest absolute Gasteiger partial charge is 0.462 e. The molecule has 0 aliphatic carbocycles. The molecule has 0 heterocycles. The second-order valence-corrected chi connectivity index (χ2v) is 13.0. The number of aliphatic hydroxyl groups is 1. The van der Waals surface area contributed by atoms with Crippen molar-refractivity contribution in [3.8, 4) is 0 Å². The third-order valence-corrected chi connectivity index (χ3v) is 8.30. The van der Waals surface area contributed by atoms with Crippen molar-refractivity contribution in [2.24, 2.45) is 0 Å². The fourth-order valence-electron chi connectivity index (χ4n) is 5.30. The van der Waals surface area contributed by atoms with E-state index < -0.39 is 6.10 Å². The van der Waals surface area contributed by atoms with Gasteiger partial charge in [0.15, 0.2) is 6.10 Å². The van der Waals surface area contributed by atoms with Gasteiger partial charge < -0.3 is 14.6 Å². The Hall–Kier alpha value is -2.40. The second kappa shape index (κ2) is 39.0. The van der Waals surface area contributed by atoms with E-state index in [-0.39, 0.29) is 25.2 Å². The predicted octanol–water partition coefficient (Wildman–Crippen LogP) is 12.4. The molecule has 276 valence electrons. The van der Waals surface area contributed by atoms with E-state index in [1.54, 1.807) is 0 Å². The van der Waals surface area contributed by atoms with Crippen LogP contribution in [0.3, 0.4) is 0 Å². The number of aliphatic hydroxyl groups excluding tert-OH is 1. The molecule has 1 N–H and O–H groups in total. The highest BCUT2D eigenvalue weighted by atomic mass is 16.6. The van der Waals surface area contributed by atoms with E-state index in [2.05, 4.69) is 74.6 Å². The van der Waals surface area contributed by atoms with Gasteiger partial charge >= 0.3 is 11.9 Å². The molecule has 5 heteroatoms. The van der Waals surface area contributed by atoms with Crippen molar-refractivity contribution in [1.29, 1.82) is 0 Å². The van der Waals surface area contributed by atoms with Gasteiger partial charge in [0, 0.05) is 12.8 Å². The van der Waals surface area contributed by atoms with Gasteiger partial charge in [0.05, 0.1) is 6.61 Å². The molecule has 48 heavy (non-hydrogen) atoms. The molecule has 0 radical (unpaired) electrons. The highest BCUT2D eigenvalue weighted by Crippen LogP contribution is 2.12. The van der Waals surface area contributed by atoms with Gasteiger partial charge in [0.2, 0.25) is 0 Å². The molecule has 0 aromatic carbocycles. The lowest BCUT2D eigenvalue weighted by atomic mass is 10.1. The van der Waals surface area contributed by atoms with E-state index in [0.29, 0.717) is 12.8 Å². The predicted molar refractivity (Wildman–Crippen MR) is 205 cm³/mol. The quantitative estimate of drug-likeness (QED) is 0.0413. The Bertz CT molecular complexity index is 853. The van der Waals surface area contributed by atoms with Crippen LogP contribution in [0.4, 0.5) is 0 Å². The van der Waals surface area contributed by atoms with Crippen LogP contribution in [-0.2, 0) is 19.1 Å². The number of rotatable bonds is 35. The lowest BCUT2D eigenvalue weighted by Gasteiger charge is -2.15. The Morgan fingerprint density at radius 1 is 0.500 bits per heavy atom. The number of unbranched alkanes of at least 4 members (excludes halogenated alkanes) is 17. The van der Waals surface area contributed by atoms with Crippen molar-refractivity contribution in [2.45, 2.75) is 187 Å². The van der Waals surface area contributed by atoms with Crippen molar-refractivity contribution in [3.05, 3.63) is 60.8 Å². The molecule has 0 aliphatic heterocycles. The smallest absolute Gasteiger partial charge is 0.306 e. The number of hydrogen-bond acceptors (Lipinski definition) is 5. The van der Waals surface area contributed by atoms with Crippen LogP contribution in [0.25, 0.3) is 0 Å². The molecule has 0 aromatic rings. The highest BCUT2D eigenvalue weighted by Gasteiger charge is 2.16. The van der Waals surface area contributed by atoms with Crippen LogP contribution in [-0.4, -0.2) is 36.4 Å². The maximum Gasteiger partial charge on any atom is 0.306 e. The summed E-state index contributed by atoms with van der Waals surface area (Å²) in [6, 6.07) is 0. The molecule has 0 rings (SSSR count). The fraction of sp³-hybridized carbons (Fsp3) is 0.721. The van der Waals surface area contributed by atoms with Crippen LogP contribution in [0.5, 0.6) is 0 Å². The number of allylic oxidation sites excluding steroid dienone is 10. The molecule has 0 aliphatic rings. The Labute approximate surface area is 296 Å². The molecule has 5 nitrogen and oxygen atoms in total. The van der Waals surface area contributed by atoms with Gasteiger partial charge in [0.1, 0.15) is 6.61 Å². The summed E-state index contributed by atoms with van der Waals surface area (Å²) in [6.45, 7) is 3.99. The zero-order valence-corrected chi connectivity index (χ0v) is 31.2. The van der Waals surface area contributed by atoms with Gasteiger partial charge in [-0.1, -0.05) is 152 Å². The Morgan fingerprint density at radius 3 is 1.38 bits per heavy atom. The van der Waals surface area contributed by atoms with Crippen LogP contribution >= 0.6 is 0 Å². The summed E-state index contributed by atoms with van der Waals surface area (Å²) in [5.74, 6) is -0.626. The molecular formula is C43H74O5. The molecule has 0 saturated heterocycles. The van der Waals surface area contributed by atoms with Crippen molar-refractivity contribution in [1.82, 2.24) is 0 Å². The summed E-state index contributed by atoms with van der Waals surface area (Å²) in [4.78, 5) is 24.3. The van der Waals surface area contributed by atoms with E-state index in [1.807, 2.05) is 0 Å². The van der Waals surface area contributed by atoms with E-state index in [1.165, 1.54) is 77.0 Å². The summed E-state index contributed by atoms with van der Waals surface area (Å²) >= 11 is 0. The second-order valence-electron chi connectivity index (χ2n) is 13.0. The van der Waals surface area contributed by atoms with Crippen molar-refractivity contribution in [2.75, 3.05) is 13.2 Å². The first-order valence-corrected chi connectivity index (χ1v) is 19.8. The SMILES string of the molecule is CCC=CCC=CCC=CCC=CCCCCCCC(=O)OCC(CO)OC(=O)CCCCCCCCCC=CCCCCCCCC. The van der Waals surface area contributed by atoms with Crippen molar-refractivity contribution < 1.29 is 24.2 Å². The minimum Gasteiger partial charge on any atom is -0.462 e. The van der Waals surface area contributed by atoms with Crippen molar-refractivity contribution in [3.63, 3.8) is 0 Å². The maximum atomic E-state index is 12.2. The Morgan fingerprint density at radius 2 is 0.896 bits per heavy atom. The fourth-order valence-corrected chi connectivity index (χ4v) is 5.30. The molecule has 0 spiro atoms. The standard InChI is InChI=1S/C43H74O5/c1-3-5-7-9-11-13-15-17-19-21-23-25-27-29-31-33-35-37-42(45)47-40-41(39-44)48-43(46)38-36-34-32-30-28-26-24-22-20-18-16-14-12-10-8-6-4-2/h5,7,11,13,17-20,23,25,41,44H,3-4,6,8-10,12,14-16,21-22,24,26-40H2,1-2H3. The highest BCUT2D eigenvalue weighted by molar-refractivity contribution is 5.70. The van der Waals surface area contributed by atoms with Crippen molar-refractivity contribution >= 4 is 11.9 Å². The van der Waals surface area contributed by atoms with Gasteiger partial charge in [-0.25, -0.2) is 0 Å². The summed E-state index contributed by atoms with van der Waals surface area (Å²) in [5, 5.41) is 9.55. The van der Waals surface area contributed by atoms with Crippen LogP contribution in [0, 0.1) is 0 Å². The molecule has 1 atom stereocenters. The van der Waals surface area contributed by atoms with Gasteiger partial charge in [0.25, 0.3) is 0 Å². The molecule has 0 aromatic heterocycles. The minimum atomic E-state index is -0.785. The van der Waals surface area contributed by atoms with E-state index in [0.717, 1.165) is 77.0 Å². The zero-order chi connectivity index (χ0) is 35.0. The first kappa shape index (κ1) is 45.6. The van der Waals surface area contributed by atoms with Gasteiger partial charge in [-0.3, -0.25) is 9.59 Å². The van der Waals surface area contributed by atoms with Gasteiger partial charge in [-0.2, -0.15) is 0 Å². The Kier molecular flexibility index (Phi) is 37.1. The third-order valence-electron chi connectivity index (χ3n) is 8.30.